The van der Waals surface area contributed by atoms with Gasteiger partial charge in [-0.25, -0.2) is 0 Å². The molecule has 0 saturated carbocycles. The molecule has 3 aromatic rings. The van der Waals surface area contributed by atoms with E-state index in [1.54, 1.807) is 17.9 Å². The van der Waals surface area contributed by atoms with Gasteiger partial charge < -0.3 is 9.84 Å². The topological polar surface area (TPSA) is 46.8 Å². The van der Waals surface area contributed by atoms with Crippen LogP contribution >= 0.6 is 23.6 Å². The van der Waals surface area contributed by atoms with Gasteiger partial charge in [-0.05, 0) is 36.8 Å². The summed E-state index contributed by atoms with van der Waals surface area (Å²) in [5, 5.41) is 10.6. The lowest BCUT2D eigenvalue weighted by Crippen LogP contribution is -2.06. The molecule has 0 unspecified atom stereocenters. The summed E-state index contributed by atoms with van der Waals surface area (Å²) in [7, 11) is 1.60. The number of para-hydroxylation sites is 2. The van der Waals surface area contributed by atoms with Gasteiger partial charge >= 0.3 is 0 Å². The molecule has 0 fully saturated rings. The van der Waals surface area contributed by atoms with Crippen LogP contribution in [-0.2, 0) is 0 Å². The molecule has 0 amide bonds. The molecule has 3 rings (SSSR count). The molecule has 0 bridgehead atoms. The normalized spacial score (nSPS) is 12.4. The number of aliphatic imine (C=N–C) groups is 1. The van der Waals surface area contributed by atoms with Crippen LogP contribution in [0.2, 0.25) is 0 Å². The summed E-state index contributed by atoms with van der Waals surface area (Å²) in [6, 6.07) is 17.4. The Hall–Kier alpha value is -2.44. The number of aromatic hydroxyl groups is 1. The minimum absolute atomic E-state index is 0.0571. The fraction of sp³-hybridized carbons (Fsp3) is 0.158. The van der Waals surface area contributed by atoms with E-state index in [-0.39, 0.29) is 11.9 Å². The zero-order valence-corrected chi connectivity index (χ0v) is 15.6. The zero-order chi connectivity index (χ0) is 17.8. The van der Waals surface area contributed by atoms with Crippen LogP contribution in [0.25, 0.3) is 0 Å². The van der Waals surface area contributed by atoms with Crippen molar-refractivity contribution in [2.24, 2.45) is 4.99 Å². The van der Waals surface area contributed by atoms with E-state index in [1.807, 2.05) is 61.5 Å². The average Bonchev–Trinajstić information content (AvgIpc) is 2.94. The van der Waals surface area contributed by atoms with E-state index < -0.39 is 0 Å². The van der Waals surface area contributed by atoms with Crippen LogP contribution in [0.1, 0.15) is 23.4 Å². The van der Waals surface area contributed by atoms with Crippen molar-refractivity contribution in [3.63, 3.8) is 0 Å². The van der Waals surface area contributed by atoms with Crippen molar-refractivity contribution in [3.8, 4) is 11.6 Å². The Morgan fingerprint density at radius 1 is 1.16 bits per heavy atom. The fourth-order valence-corrected chi connectivity index (χ4v) is 3.90. The first kappa shape index (κ1) is 17.4. The third-order valence-electron chi connectivity index (χ3n) is 3.92. The van der Waals surface area contributed by atoms with Crippen molar-refractivity contribution in [2.45, 2.75) is 13.0 Å². The second kappa shape index (κ2) is 7.63. The molecule has 1 aromatic heterocycles. The number of benzene rings is 2. The largest absolute Gasteiger partial charge is 0.494 e. The summed E-state index contributed by atoms with van der Waals surface area (Å²) >= 11 is 6.79. The molecule has 0 radical (unpaired) electrons. The SMILES string of the molecule is COc1ccccc1N=Cc1sc(=S)n([C@H](C)c2ccccc2)c1O. The van der Waals surface area contributed by atoms with E-state index >= 15 is 0 Å². The first-order valence-electron chi connectivity index (χ1n) is 7.78. The van der Waals surface area contributed by atoms with Gasteiger partial charge in [-0.3, -0.25) is 9.56 Å². The van der Waals surface area contributed by atoms with E-state index in [9.17, 15) is 5.11 Å². The predicted octanol–water partition coefficient (Wildman–Crippen LogP) is 5.35. The molecule has 128 valence electrons. The van der Waals surface area contributed by atoms with Gasteiger partial charge in [0.15, 0.2) is 3.95 Å². The summed E-state index contributed by atoms with van der Waals surface area (Å²) in [5.41, 5.74) is 1.78. The monoisotopic (exact) mass is 370 g/mol. The fourth-order valence-electron chi connectivity index (χ4n) is 2.56. The summed E-state index contributed by atoms with van der Waals surface area (Å²) in [6.07, 6.45) is 1.63. The first-order valence-corrected chi connectivity index (χ1v) is 9.00. The molecule has 1 N–H and O–H groups in total. The van der Waals surface area contributed by atoms with Gasteiger partial charge in [0.05, 0.1) is 19.4 Å². The smallest absolute Gasteiger partial charge is 0.212 e. The molecule has 6 heteroatoms. The molecule has 0 spiro atoms. The molecule has 25 heavy (non-hydrogen) atoms. The molecule has 0 aliphatic heterocycles. The van der Waals surface area contributed by atoms with Crippen molar-refractivity contribution in [1.82, 2.24) is 4.57 Å². The summed E-state index contributed by atoms with van der Waals surface area (Å²) < 4.78 is 7.65. The highest BCUT2D eigenvalue weighted by Gasteiger charge is 2.17. The molecule has 1 heterocycles. The number of methoxy groups -OCH3 is 1. The van der Waals surface area contributed by atoms with E-state index in [0.717, 1.165) is 5.56 Å². The molecular weight excluding hydrogens is 352 g/mol. The Kier molecular flexibility index (Phi) is 5.31. The van der Waals surface area contributed by atoms with Gasteiger partial charge in [-0.1, -0.05) is 53.8 Å². The van der Waals surface area contributed by atoms with Gasteiger partial charge in [0.25, 0.3) is 0 Å². The summed E-state index contributed by atoms with van der Waals surface area (Å²) in [5.74, 6) is 0.809. The highest BCUT2D eigenvalue weighted by atomic mass is 32.1. The van der Waals surface area contributed by atoms with Crippen LogP contribution in [0.5, 0.6) is 11.6 Å². The van der Waals surface area contributed by atoms with Crippen LogP contribution in [0.15, 0.2) is 59.6 Å². The van der Waals surface area contributed by atoms with Crippen LogP contribution in [0.3, 0.4) is 0 Å². The first-order chi connectivity index (χ1) is 12.1. The van der Waals surface area contributed by atoms with Crippen molar-refractivity contribution in [3.05, 3.63) is 69.0 Å². The van der Waals surface area contributed by atoms with Gasteiger partial charge in [0.2, 0.25) is 5.88 Å². The predicted molar refractivity (Wildman–Crippen MR) is 105 cm³/mol. The van der Waals surface area contributed by atoms with Crippen molar-refractivity contribution in [2.75, 3.05) is 7.11 Å². The number of aromatic nitrogens is 1. The summed E-state index contributed by atoms with van der Waals surface area (Å²) in [6.45, 7) is 2.01. The van der Waals surface area contributed by atoms with E-state index in [2.05, 4.69) is 4.99 Å². The standard InChI is InChI=1S/C19H18N2O2S2/c1-13(14-8-4-3-5-9-14)21-18(22)17(25-19(21)24)12-20-15-10-6-7-11-16(15)23-2/h3-13,22H,1-2H3/t13-/m1/s1. The molecule has 0 saturated heterocycles. The van der Waals surface area contributed by atoms with Gasteiger partial charge in [0, 0.05) is 0 Å². The highest BCUT2D eigenvalue weighted by Crippen LogP contribution is 2.32. The molecule has 2 aromatic carbocycles. The lowest BCUT2D eigenvalue weighted by atomic mass is 10.1. The van der Waals surface area contributed by atoms with Crippen molar-refractivity contribution >= 4 is 35.5 Å². The third-order valence-corrected chi connectivity index (χ3v) is 5.24. The molecular formula is C19H18N2O2S2. The van der Waals surface area contributed by atoms with Gasteiger partial charge in [-0.2, -0.15) is 0 Å². The van der Waals surface area contributed by atoms with Crippen LogP contribution in [-0.4, -0.2) is 23.0 Å². The number of ether oxygens (including phenoxy) is 1. The maximum absolute atomic E-state index is 10.6. The quantitative estimate of drug-likeness (QED) is 0.486. The highest BCUT2D eigenvalue weighted by molar-refractivity contribution is 7.73. The van der Waals surface area contributed by atoms with Crippen LogP contribution in [0.4, 0.5) is 5.69 Å². The lowest BCUT2D eigenvalue weighted by Gasteiger charge is -2.14. The number of hydrogen-bond acceptors (Lipinski definition) is 5. The Bertz CT molecular complexity index is 946. The molecule has 0 aliphatic carbocycles. The second-order valence-corrected chi connectivity index (χ2v) is 7.12. The van der Waals surface area contributed by atoms with Crippen molar-refractivity contribution in [1.29, 1.82) is 0 Å². The number of nitrogens with zero attached hydrogens (tertiary/aromatic N) is 2. The number of hydrogen-bond donors (Lipinski definition) is 1. The van der Waals surface area contributed by atoms with Crippen LogP contribution in [0, 0.1) is 3.95 Å². The third kappa shape index (κ3) is 3.65. The van der Waals surface area contributed by atoms with Gasteiger partial charge in [-0.15, -0.1) is 0 Å². The molecule has 0 aliphatic rings. The Labute approximate surface area is 155 Å². The number of rotatable bonds is 5. The Balaban J connectivity index is 1.95. The maximum Gasteiger partial charge on any atom is 0.212 e. The minimum atomic E-state index is -0.0571. The van der Waals surface area contributed by atoms with Crippen LogP contribution < -0.4 is 4.74 Å². The molecule has 4 nitrogen and oxygen atoms in total. The van der Waals surface area contributed by atoms with Crippen molar-refractivity contribution < 1.29 is 9.84 Å². The average molecular weight is 370 g/mol. The van der Waals surface area contributed by atoms with Gasteiger partial charge in [0.1, 0.15) is 16.3 Å². The summed E-state index contributed by atoms with van der Waals surface area (Å²) in [4.78, 5) is 5.06. The second-order valence-electron chi connectivity index (χ2n) is 5.44. The maximum atomic E-state index is 10.6. The Morgan fingerprint density at radius 3 is 2.56 bits per heavy atom. The van der Waals surface area contributed by atoms with E-state index in [1.165, 1.54) is 11.3 Å². The lowest BCUT2D eigenvalue weighted by molar-refractivity contribution is 0.405. The molecule has 1 atom stereocenters. The van der Waals surface area contributed by atoms with E-state index in [4.69, 9.17) is 17.0 Å². The Morgan fingerprint density at radius 2 is 1.84 bits per heavy atom. The zero-order valence-electron chi connectivity index (χ0n) is 13.9. The minimum Gasteiger partial charge on any atom is -0.494 e. The van der Waals surface area contributed by atoms with E-state index in [0.29, 0.717) is 20.3 Å². The number of thiazole rings is 1.